The molecular weight excluding hydrogens is 172 g/mol. The van der Waals surface area contributed by atoms with E-state index in [-0.39, 0.29) is 0 Å². The summed E-state index contributed by atoms with van der Waals surface area (Å²) in [6, 6.07) is 10.3. The number of benzene rings is 1. The van der Waals surface area contributed by atoms with Gasteiger partial charge in [-0.1, -0.05) is 35.9 Å². The second-order valence-electron chi connectivity index (χ2n) is 2.91. The molecule has 1 aromatic rings. The molecule has 1 aliphatic heterocycles. The van der Waals surface area contributed by atoms with Crippen molar-refractivity contribution in [3.8, 4) is 0 Å². The average Bonchev–Trinajstić information content (AvgIpc) is 2.51. The van der Waals surface area contributed by atoms with Crippen molar-refractivity contribution in [2.75, 3.05) is 0 Å². The van der Waals surface area contributed by atoms with Gasteiger partial charge < -0.3 is 5.32 Å². The minimum atomic E-state index is 0.910. The molecule has 2 nitrogen and oxygen atoms in total. The second kappa shape index (κ2) is 6.89. The Morgan fingerprint density at radius 2 is 2.00 bits per heavy atom. The number of rotatable bonds is 0. The van der Waals surface area contributed by atoms with Crippen LogP contribution in [0.25, 0.3) is 0 Å². The van der Waals surface area contributed by atoms with Crippen molar-refractivity contribution in [1.29, 1.82) is 0 Å². The predicted octanol–water partition coefficient (Wildman–Crippen LogP) is 2.68. The molecule has 0 saturated carbocycles. The highest BCUT2D eigenvalue weighted by Crippen LogP contribution is 1.92. The van der Waals surface area contributed by atoms with E-state index in [1.165, 1.54) is 5.56 Å². The summed E-state index contributed by atoms with van der Waals surface area (Å²) < 4.78 is 0. The minimum absolute atomic E-state index is 0.910. The highest BCUT2D eigenvalue weighted by atomic mass is 14.9. The lowest BCUT2D eigenvalue weighted by Crippen LogP contribution is -1.96. The molecule has 1 aliphatic rings. The van der Waals surface area contributed by atoms with Crippen molar-refractivity contribution in [2.24, 2.45) is 4.99 Å². The topological polar surface area (TPSA) is 24.4 Å². The molecule has 0 aliphatic carbocycles. The fourth-order valence-corrected chi connectivity index (χ4v) is 0.931. The summed E-state index contributed by atoms with van der Waals surface area (Å²) in [7, 11) is 0. The number of hydrogen-bond acceptors (Lipinski definition) is 2. The molecule has 0 amide bonds. The molecule has 1 heterocycles. The van der Waals surface area contributed by atoms with E-state index in [1.54, 1.807) is 12.4 Å². The van der Waals surface area contributed by atoms with Crippen LogP contribution >= 0.6 is 0 Å². The van der Waals surface area contributed by atoms with Crippen molar-refractivity contribution in [3.63, 3.8) is 0 Å². The first kappa shape index (κ1) is 10.5. The molecule has 1 aromatic carbocycles. The zero-order chi connectivity index (χ0) is 10.1. The van der Waals surface area contributed by atoms with E-state index < -0.39 is 0 Å². The van der Waals surface area contributed by atoms with E-state index in [0.29, 0.717) is 0 Å². The Morgan fingerprint density at radius 3 is 2.64 bits per heavy atom. The highest BCUT2D eigenvalue weighted by molar-refractivity contribution is 5.59. The van der Waals surface area contributed by atoms with Crippen LogP contribution in [0.15, 0.2) is 47.7 Å². The SMILES string of the molecule is Cc1ccccc1.[CH]1CC=NC=CN1. The quantitative estimate of drug-likeness (QED) is 0.663. The van der Waals surface area contributed by atoms with Gasteiger partial charge >= 0.3 is 0 Å². The first-order valence-corrected chi connectivity index (χ1v) is 4.65. The molecule has 0 aromatic heterocycles. The maximum absolute atomic E-state index is 3.87. The molecule has 2 heteroatoms. The third-order valence-electron chi connectivity index (χ3n) is 1.64. The molecule has 1 radical (unpaired) electrons. The van der Waals surface area contributed by atoms with Gasteiger partial charge in [0.05, 0.1) is 6.54 Å². The smallest absolute Gasteiger partial charge is 0.0510 e. The number of aryl methyl sites for hydroxylation is 1. The van der Waals surface area contributed by atoms with E-state index in [4.69, 9.17) is 0 Å². The summed E-state index contributed by atoms with van der Waals surface area (Å²) in [6.07, 6.45) is 6.27. The zero-order valence-electron chi connectivity index (χ0n) is 8.35. The lowest BCUT2D eigenvalue weighted by Gasteiger charge is -1.86. The number of nitrogens with one attached hydrogen (secondary N) is 1. The molecule has 0 saturated heterocycles. The zero-order valence-corrected chi connectivity index (χ0v) is 8.35. The van der Waals surface area contributed by atoms with Crippen molar-refractivity contribution in [1.82, 2.24) is 5.32 Å². The molecule has 2 rings (SSSR count). The minimum Gasteiger partial charge on any atom is -0.384 e. The molecule has 14 heavy (non-hydrogen) atoms. The fourth-order valence-electron chi connectivity index (χ4n) is 0.931. The maximum atomic E-state index is 3.87. The van der Waals surface area contributed by atoms with Gasteiger partial charge in [-0.05, 0) is 6.92 Å². The Hall–Kier alpha value is -1.57. The standard InChI is InChI=1S/C7H8.C5H7N2/c1-7-5-3-2-4-6-7;1-2-6-4-5-7-3-1/h2-6H,1H3;2-6H,1H2. The van der Waals surface area contributed by atoms with E-state index in [2.05, 4.69) is 29.4 Å². The Balaban J connectivity index is 0.000000140. The molecule has 0 fully saturated rings. The lowest BCUT2D eigenvalue weighted by atomic mass is 10.2. The molecular formula is C12H15N2. The molecule has 0 unspecified atom stereocenters. The van der Waals surface area contributed by atoms with Gasteiger partial charge in [-0.15, -0.1) is 0 Å². The van der Waals surface area contributed by atoms with Crippen LogP contribution in [-0.4, -0.2) is 6.21 Å². The van der Waals surface area contributed by atoms with Gasteiger partial charge in [-0.2, -0.15) is 0 Å². The summed E-state index contributed by atoms with van der Waals surface area (Å²) in [6.45, 7) is 4.02. The molecule has 0 bridgehead atoms. The molecule has 1 N–H and O–H groups in total. The summed E-state index contributed by atoms with van der Waals surface area (Å²) >= 11 is 0. The van der Waals surface area contributed by atoms with Crippen molar-refractivity contribution >= 4 is 6.21 Å². The van der Waals surface area contributed by atoms with Gasteiger partial charge in [0, 0.05) is 25.0 Å². The van der Waals surface area contributed by atoms with Crippen LogP contribution in [0.4, 0.5) is 0 Å². The lowest BCUT2D eigenvalue weighted by molar-refractivity contribution is 1.02. The number of aliphatic imine (C=N–C) groups is 1. The van der Waals surface area contributed by atoms with Crippen molar-refractivity contribution in [3.05, 3.63) is 54.8 Å². The first-order valence-electron chi connectivity index (χ1n) is 4.65. The van der Waals surface area contributed by atoms with Gasteiger partial charge in [0.25, 0.3) is 0 Å². The number of nitrogens with zero attached hydrogens (tertiary/aromatic N) is 1. The molecule has 0 atom stereocenters. The third-order valence-corrected chi connectivity index (χ3v) is 1.64. The van der Waals surface area contributed by atoms with E-state index >= 15 is 0 Å². The normalized spacial score (nSPS) is 13.5. The largest absolute Gasteiger partial charge is 0.384 e. The summed E-state index contributed by atoms with van der Waals surface area (Å²) in [4.78, 5) is 3.87. The molecule has 73 valence electrons. The first-order chi connectivity index (χ1) is 6.89. The van der Waals surface area contributed by atoms with E-state index in [1.807, 2.05) is 31.0 Å². The summed E-state index contributed by atoms with van der Waals surface area (Å²) in [5, 5.41) is 2.92. The summed E-state index contributed by atoms with van der Waals surface area (Å²) in [5.41, 5.74) is 1.32. The molecule has 0 spiro atoms. The van der Waals surface area contributed by atoms with Gasteiger partial charge in [0.1, 0.15) is 0 Å². The summed E-state index contributed by atoms with van der Waals surface area (Å²) in [5.74, 6) is 0. The Bertz CT molecular complexity index is 276. The fraction of sp³-hybridized carbons (Fsp3) is 0.167. The van der Waals surface area contributed by atoms with Crippen LogP contribution in [0.2, 0.25) is 0 Å². The Labute approximate surface area is 85.4 Å². The van der Waals surface area contributed by atoms with Crippen molar-refractivity contribution < 1.29 is 0 Å². The van der Waals surface area contributed by atoms with Crippen LogP contribution in [0.5, 0.6) is 0 Å². The van der Waals surface area contributed by atoms with Gasteiger partial charge in [0.2, 0.25) is 0 Å². The van der Waals surface area contributed by atoms with Crippen LogP contribution in [0.3, 0.4) is 0 Å². The monoisotopic (exact) mass is 187 g/mol. The maximum Gasteiger partial charge on any atom is 0.0510 e. The van der Waals surface area contributed by atoms with E-state index in [0.717, 1.165) is 6.42 Å². The van der Waals surface area contributed by atoms with Crippen LogP contribution in [0, 0.1) is 13.5 Å². The average molecular weight is 187 g/mol. The highest BCUT2D eigenvalue weighted by Gasteiger charge is 1.80. The van der Waals surface area contributed by atoms with Crippen LogP contribution in [0.1, 0.15) is 12.0 Å². The second-order valence-corrected chi connectivity index (χ2v) is 2.91. The Kier molecular flexibility index (Phi) is 5.18. The van der Waals surface area contributed by atoms with Gasteiger partial charge in [-0.25, -0.2) is 0 Å². The van der Waals surface area contributed by atoms with Crippen molar-refractivity contribution in [2.45, 2.75) is 13.3 Å². The van der Waals surface area contributed by atoms with Gasteiger partial charge in [0.15, 0.2) is 0 Å². The Morgan fingerprint density at radius 1 is 1.21 bits per heavy atom. The van der Waals surface area contributed by atoms with Crippen LogP contribution in [-0.2, 0) is 0 Å². The van der Waals surface area contributed by atoms with E-state index in [9.17, 15) is 0 Å². The van der Waals surface area contributed by atoms with Gasteiger partial charge in [-0.3, -0.25) is 4.99 Å². The van der Waals surface area contributed by atoms with Crippen LogP contribution < -0.4 is 5.32 Å². The third kappa shape index (κ3) is 5.14. The number of hydrogen-bond donors (Lipinski definition) is 1. The predicted molar refractivity (Wildman–Crippen MR) is 60.9 cm³/mol.